The van der Waals surface area contributed by atoms with Gasteiger partial charge in [-0.1, -0.05) is 13.8 Å². The zero-order valence-corrected chi connectivity index (χ0v) is 23.4. The lowest BCUT2D eigenvalue weighted by molar-refractivity contribution is 0.102. The molecule has 2 aromatic carbocycles. The molecule has 0 saturated carbocycles. The molecule has 1 aliphatic rings. The lowest BCUT2D eigenvalue weighted by atomic mass is 9.84. The van der Waals surface area contributed by atoms with E-state index in [1.165, 1.54) is 0 Å². The zero-order chi connectivity index (χ0) is 28.7. The molecule has 39 heavy (non-hydrogen) atoms. The van der Waals surface area contributed by atoms with Gasteiger partial charge in [0, 0.05) is 67.3 Å². The van der Waals surface area contributed by atoms with Crippen LogP contribution < -0.4 is 16.0 Å². The standard InChI is InChI=1S/C26H33F2N7O3S/c1-26(2)15-35(39(37,38)19-11-16(27)10-17(28)12-19)14-21-23(26)31-32-24(21)30-25(36)20-7-6-18(13-22(20)29)34(5)9-8-33(3)4/h6-7,10-13H,8-9,14-15,29H2,1-5H3,(H2,30,31,32,36). The summed E-state index contributed by atoms with van der Waals surface area (Å²) >= 11 is 0. The molecule has 1 aromatic heterocycles. The van der Waals surface area contributed by atoms with E-state index < -0.39 is 37.9 Å². The number of H-pyrrole nitrogens is 1. The molecule has 0 unspecified atom stereocenters. The number of rotatable bonds is 8. The summed E-state index contributed by atoms with van der Waals surface area (Å²) in [5, 5.41) is 9.90. The molecular weight excluding hydrogens is 528 g/mol. The highest BCUT2D eigenvalue weighted by molar-refractivity contribution is 7.89. The fraction of sp³-hybridized carbons (Fsp3) is 0.385. The SMILES string of the molecule is CN(C)CCN(C)c1ccc(C(=O)Nc2n[nH]c3c2CN(S(=O)(=O)c2cc(F)cc(F)c2)CC3(C)C)c(N)c1. The zero-order valence-electron chi connectivity index (χ0n) is 22.5. The Bertz CT molecular complexity index is 1480. The Balaban J connectivity index is 1.58. The quantitative estimate of drug-likeness (QED) is 0.361. The van der Waals surface area contributed by atoms with Crippen LogP contribution in [0.25, 0.3) is 0 Å². The maximum atomic E-state index is 13.8. The summed E-state index contributed by atoms with van der Waals surface area (Å²) in [7, 11) is 1.66. The largest absolute Gasteiger partial charge is 0.398 e. The summed E-state index contributed by atoms with van der Waals surface area (Å²) < 4.78 is 55.4. The lowest BCUT2D eigenvalue weighted by Crippen LogP contribution is -2.45. The average Bonchev–Trinajstić information content (AvgIpc) is 3.25. The van der Waals surface area contributed by atoms with Crippen LogP contribution in [0.5, 0.6) is 0 Å². The molecule has 2 heterocycles. The van der Waals surface area contributed by atoms with Crippen molar-refractivity contribution in [3.63, 3.8) is 0 Å². The third-order valence-corrected chi connectivity index (χ3v) is 8.53. The molecule has 0 fully saturated rings. The van der Waals surface area contributed by atoms with Gasteiger partial charge < -0.3 is 20.9 Å². The molecule has 210 valence electrons. The number of likely N-dealkylation sites (N-methyl/N-ethyl adjacent to an activating group) is 2. The van der Waals surface area contributed by atoms with E-state index in [0.717, 1.165) is 35.2 Å². The molecule has 0 saturated heterocycles. The lowest BCUT2D eigenvalue weighted by Gasteiger charge is -2.36. The van der Waals surface area contributed by atoms with E-state index >= 15 is 0 Å². The molecule has 0 atom stereocenters. The number of aromatic nitrogens is 2. The molecule has 3 aromatic rings. The van der Waals surface area contributed by atoms with Crippen LogP contribution in [-0.4, -0.2) is 74.5 Å². The second kappa shape index (κ2) is 10.5. The van der Waals surface area contributed by atoms with Gasteiger partial charge in [0.2, 0.25) is 10.0 Å². The fourth-order valence-electron chi connectivity index (χ4n) is 4.58. The van der Waals surface area contributed by atoms with Gasteiger partial charge >= 0.3 is 0 Å². The molecule has 1 amide bonds. The van der Waals surface area contributed by atoms with Crippen LogP contribution in [0.2, 0.25) is 0 Å². The number of nitrogens with two attached hydrogens (primary N) is 1. The summed E-state index contributed by atoms with van der Waals surface area (Å²) in [5.74, 6) is -2.34. The van der Waals surface area contributed by atoms with Crippen LogP contribution in [0, 0.1) is 11.6 Å². The van der Waals surface area contributed by atoms with Crippen molar-refractivity contribution < 1.29 is 22.0 Å². The monoisotopic (exact) mass is 561 g/mol. The smallest absolute Gasteiger partial charge is 0.258 e. The normalized spacial score (nSPS) is 15.3. The summed E-state index contributed by atoms with van der Waals surface area (Å²) in [5.41, 5.74) is 7.98. The number of benzene rings is 2. The van der Waals surface area contributed by atoms with Crippen LogP contribution in [-0.2, 0) is 22.0 Å². The van der Waals surface area contributed by atoms with Crippen LogP contribution in [0.4, 0.5) is 26.0 Å². The number of fused-ring (bicyclic) bond motifs is 1. The number of halogens is 2. The molecule has 13 heteroatoms. The van der Waals surface area contributed by atoms with Crippen molar-refractivity contribution in [3.05, 3.63) is 64.9 Å². The van der Waals surface area contributed by atoms with Gasteiger partial charge in [-0.2, -0.15) is 9.40 Å². The molecule has 4 N–H and O–H groups in total. The predicted molar refractivity (Wildman–Crippen MR) is 146 cm³/mol. The molecule has 0 bridgehead atoms. The van der Waals surface area contributed by atoms with Crippen molar-refractivity contribution >= 4 is 33.1 Å². The van der Waals surface area contributed by atoms with Crippen molar-refractivity contribution in [1.29, 1.82) is 0 Å². The van der Waals surface area contributed by atoms with Crippen molar-refractivity contribution in [1.82, 2.24) is 19.4 Å². The van der Waals surface area contributed by atoms with E-state index in [2.05, 4.69) is 20.4 Å². The van der Waals surface area contributed by atoms with Crippen molar-refractivity contribution in [2.45, 2.75) is 30.7 Å². The van der Waals surface area contributed by atoms with E-state index in [1.54, 1.807) is 18.2 Å². The van der Waals surface area contributed by atoms with Gasteiger partial charge in [-0.25, -0.2) is 17.2 Å². The maximum absolute atomic E-state index is 13.8. The average molecular weight is 562 g/mol. The number of sulfonamides is 1. The molecule has 0 radical (unpaired) electrons. The minimum atomic E-state index is -4.25. The molecule has 1 aliphatic heterocycles. The van der Waals surface area contributed by atoms with Crippen molar-refractivity contribution in [3.8, 4) is 0 Å². The highest BCUT2D eigenvalue weighted by Crippen LogP contribution is 2.38. The molecule has 4 rings (SSSR count). The molecular formula is C26H33F2N7O3S. The highest BCUT2D eigenvalue weighted by Gasteiger charge is 2.41. The van der Waals surface area contributed by atoms with E-state index in [4.69, 9.17) is 5.73 Å². The first kappa shape index (κ1) is 28.5. The molecule has 10 nitrogen and oxygen atoms in total. The maximum Gasteiger partial charge on any atom is 0.258 e. The molecule has 0 aliphatic carbocycles. The number of amides is 1. The summed E-state index contributed by atoms with van der Waals surface area (Å²) in [6, 6.07) is 7.33. The first-order valence-electron chi connectivity index (χ1n) is 12.3. The van der Waals surface area contributed by atoms with Gasteiger partial charge in [0.15, 0.2) is 5.82 Å². The van der Waals surface area contributed by atoms with Gasteiger partial charge in [-0.15, -0.1) is 0 Å². The van der Waals surface area contributed by atoms with Crippen molar-refractivity contribution in [2.24, 2.45) is 0 Å². The number of hydrogen-bond acceptors (Lipinski definition) is 7. The Labute approximate surface area is 226 Å². The topological polar surface area (TPSA) is 128 Å². The van der Waals surface area contributed by atoms with Gasteiger partial charge in [0.25, 0.3) is 5.91 Å². The minimum absolute atomic E-state index is 0.0335. The number of carbonyl (C=O) groups is 1. The Morgan fingerprint density at radius 2 is 1.79 bits per heavy atom. The third kappa shape index (κ3) is 5.89. The van der Waals surface area contributed by atoms with Crippen LogP contribution in [0.1, 0.15) is 35.5 Å². The Hall–Kier alpha value is -3.55. The number of nitrogen functional groups attached to an aromatic ring is 1. The third-order valence-electron chi connectivity index (χ3n) is 6.76. The van der Waals surface area contributed by atoms with Crippen molar-refractivity contribution in [2.75, 3.05) is 56.7 Å². The van der Waals surface area contributed by atoms with Gasteiger partial charge in [-0.05, 0) is 44.4 Å². The minimum Gasteiger partial charge on any atom is -0.398 e. The van der Waals surface area contributed by atoms with E-state index in [-0.39, 0.29) is 30.2 Å². The Morgan fingerprint density at radius 3 is 2.41 bits per heavy atom. The Kier molecular flexibility index (Phi) is 7.70. The van der Waals surface area contributed by atoms with E-state index in [0.29, 0.717) is 17.3 Å². The number of nitrogens with zero attached hydrogens (tertiary/aromatic N) is 4. The number of nitrogens with one attached hydrogen (secondary N) is 2. The second-order valence-corrected chi connectivity index (χ2v) is 12.6. The number of anilines is 3. The summed E-state index contributed by atoms with van der Waals surface area (Å²) in [4.78, 5) is 16.8. The van der Waals surface area contributed by atoms with Crippen LogP contribution >= 0.6 is 0 Å². The summed E-state index contributed by atoms with van der Waals surface area (Å²) in [6.07, 6.45) is 0. The van der Waals surface area contributed by atoms with Gasteiger partial charge in [-0.3, -0.25) is 9.89 Å². The van der Waals surface area contributed by atoms with E-state index in [9.17, 15) is 22.0 Å². The second-order valence-electron chi connectivity index (χ2n) is 10.6. The van der Waals surface area contributed by atoms with Gasteiger partial charge in [0.05, 0.1) is 10.5 Å². The van der Waals surface area contributed by atoms with E-state index in [1.807, 2.05) is 39.9 Å². The van der Waals surface area contributed by atoms with Gasteiger partial charge in [0.1, 0.15) is 11.6 Å². The van der Waals surface area contributed by atoms with Crippen LogP contribution in [0.15, 0.2) is 41.3 Å². The number of carbonyl (C=O) groups excluding carboxylic acids is 1. The van der Waals surface area contributed by atoms with Crippen LogP contribution in [0.3, 0.4) is 0 Å². The first-order chi connectivity index (χ1) is 18.2. The summed E-state index contributed by atoms with van der Waals surface area (Å²) in [6.45, 7) is 5.12. The number of aromatic amines is 1. The Morgan fingerprint density at radius 1 is 1.13 bits per heavy atom. The molecule has 0 spiro atoms. The number of hydrogen-bond donors (Lipinski definition) is 3. The first-order valence-corrected chi connectivity index (χ1v) is 13.7. The fourth-order valence-corrected chi connectivity index (χ4v) is 6.19. The highest BCUT2D eigenvalue weighted by atomic mass is 32.2. The predicted octanol–water partition coefficient (Wildman–Crippen LogP) is 3.00.